The SMILES string of the molecule is CC(C)CCNC(=O)CS(=O)(=O)c1ccc(N)c(Cl)c1. The third kappa shape index (κ3) is 5.02. The molecule has 0 heterocycles. The van der Waals surface area contributed by atoms with Crippen molar-refractivity contribution in [2.45, 2.75) is 25.2 Å². The van der Waals surface area contributed by atoms with Gasteiger partial charge in [0.25, 0.3) is 0 Å². The molecular formula is C13H19ClN2O3S. The third-order valence-corrected chi connectivity index (χ3v) is 4.64. The maximum absolute atomic E-state index is 12.0. The predicted molar refractivity (Wildman–Crippen MR) is 80.4 cm³/mol. The Balaban J connectivity index is 2.69. The Morgan fingerprint density at radius 2 is 2.05 bits per heavy atom. The monoisotopic (exact) mass is 318 g/mol. The fraction of sp³-hybridized carbons (Fsp3) is 0.462. The first-order valence-corrected chi connectivity index (χ1v) is 8.30. The first-order valence-electron chi connectivity index (χ1n) is 6.27. The van der Waals surface area contributed by atoms with E-state index in [-0.39, 0.29) is 9.92 Å². The highest BCUT2D eigenvalue weighted by Crippen LogP contribution is 2.23. The molecule has 3 N–H and O–H groups in total. The number of benzene rings is 1. The van der Waals surface area contributed by atoms with Crippen molar-refractivity contribution >= 4 is 33.0 Å². The summed E-state index contributed by atoms with van der Waals surface area (Å²) in [6, 6.07) is 4.01. The molecule has 0 radical (unpaired) electrons. The second kappa shape index (κ2) is 6.95. The average molecular weight is 319 g/mol. The summed E-state index contributed by atoms with van der Waals surface area (Å²) in [5.74, 6) is -0.660. The fourth-order valence-corrected chi connectivity index (χ4v) is 2.94. The lowest BCUT2D eigenvalue weighted by Crippen LogP contribution is -2.31. The van der Waals surface area contributed by atoms with Gasteiger partial charge in [0.15, 0.2) is 9.84 Å². The molecule has 0 spiro atoms. The lowest BCUT2D eigenvalue weighted by atomic mass is 10.1. The van der Waals surface area contributed by atoms with E-state index in [9.17, 15) is 13.2 Å². The van der Waals surface area contributed by atoms with Crippen LogP contribution >= 0.6 is 11.6 Å². The zero-order valence-corrected chi connectivity index (χ0v) is 13.1. The average Bonchev–Trinajstić information content (AvgIpc) is 2.31. The van der Waals surface area contributed by atoms with Crippen molar-refractivity contribution in [3.63, 3.8) is 0 Å². The number of carbonyl (C=O) groups excluding carboxylic acids is 1. The molecule has 0 aromatic heterocycles. The fourth-order valence-electron chi connectivity index (χ4n) is 1.51. The van der Waals surface area contributed by atoms with Gasteiger partial charge in [0.1, 0.15) is 5.75 Å². The summed E-state index contributed by atoms with van der Waals surface area (Å²) in [6.45, 7) is 4.52. The van der Waals surface area contributed by atoms with Gasteiger partial charge in [-0.25, -0.2) is 8.42 Å². The van der Waals surface area contributed by atoms with Gasteiger partial charge in [0.05, 0.1) is 15.6 Å². The topological polar surface area (TPSA) is 89.3 Å². The zero-order valence-electron chi connectivity index (χ0n) is 11.5. The van der Waals surface area contributed by atoms with E-state index >= 15 is 0 Å². The second-order valence-electron chi connectivity index (χ2n) is 4.97. The van der Waals surface area contributed by atoms with Crippen molar-refractivity contribution in [3.8, 4) is 0 Å². The molecule has 7 heteroatoms. The van der Waals surface area contributed by atoms with Gasteiger partial charge < -0.3 is 11.1 Å². The zero-order chi connectivity index (χ0) is 15.3. The highest BCUT2D eigenvalue weighted by atomic mass is 35.5. The van der Waals surface area contributed by atoms with Gasteiger partial charge in [-0.05, 0) is 30.5 Å². The number of sulfone groups is 1. The number of hydrogen-bond acceptors (Lipinski definition) is 4. The summed E-state index contributed by atoms with van der Waals surface area (Å²) < 4.78 is 24.1. The predicted octanol–water partition coefficient (Wildman–Crippen LogP) is 1.86. The van der Waals surface area contributed by atoms with Crippen LogP contribution in [0.4, 0.5) is 5.69 Å². The lowest BCUT2D eigenvalue weighted by molar-refractivity contribution is -0.118. The number of halogens is 1. The van der Waals surface area contributed by atoms with Gasteiger partial charge in [0, 0.05) is 6.54 Å². The molecule has 0 saturated carbocycles. The molecule has 0 unspecified atom stereocenters. The first-order chi connectivity index (χ1) is 9.22. The number of nitrogens with two attached hydrogens (primary N) is 1. The summed E-state index contributed by atoms with van der Waals surface area (Å²) in [4.78, 5) is 11.6. The molecule has 0 aliphatic rings. The summed E-state index contributed by atoms with van der Waals surface area (Å²) in [6.07, 6.45) is 0.805. The highest BCUT2D eigenvalue weighted by Gasteiger charge is 2.20. The Morgan fingerprint density at radius 3 is 2.60 bits per heavy atom. The largest absolute Gasteiger partial charge is 0.398 e. The van der Waals surface area contributed by atoms with Gasteiger partial charge in [-0.3, -0.25) is 4.79 Å². The summed E-state index contributed by atoms with van der Waals surface area (Å²) in [7, 11) is -3.70. The molecule has 0 fully saturated rings. The Morgan fingerprint density at radius 1 is 1.40 bits per heavy atom. The van der Waals surface area contributed by atoms with Crippen LogP contribution in [-0.4, -0.2) is 26.6 Å². The van der Waals surface area contributed by atoms with E-state index in [4.69, 9.17) is 17.3 Å². The number of nitrogens with one attached hydrogen (secondary N) is 1. The molecular weight excluding hydrogens is 300 g/mol. The van der Waals surface area contributed by atoms with Gasteiger partial charge in [-0.2, -0.15) is 0 Å². The quantitative estimate of drug-likeness (QED) is 0.783. The Bertz CT molecular complexity index is 585. The van der Waals surface area contributed by atoms with E-state index in [1.54, 1.807) is 0 Å². The van der Waals surface area contributed by atoms with Gasteiger partial charge in [0.2, 0.25) is 5.91 Å². The molecule has 112 valence electrons. The summed E-state index contributed by atoms with van der Waals surface area (Å²) >= 11 is 5.78. The molecule has 1 rings (SSSR count). The van der Waals surface area contributed by atoms with E-state index in [0.29, 0.717) is 18.2 Å². The molecule has 0 aliphatic carbocycles. The molecule has 0 atom stereocenters. The normalized spacial score (nSPS) is 11.6. The number of amides is 1. The van der Waals surface area contributed by atoms with E-state index in [0.717, 1.165) is 6.42 Å². The number of hydrogen-bond donors (Lipinski definition) is 2. The van der Waals surface area contributed by atoms with E-state index < -0.39 is 21.5 Å². The summed E-state index contributed by atoms with van der Waals surface area (Å²) in [5, 5.41) is 2.75. The van der Waals surface area contributed by atoms with Gasteiger partial charge in [-0.15, -0.1) is 0 Å². The number of anilines is 1. The van der Waals surface area contributed by atoms with E-state index in [2.05, 4.69) is 5.32 Å². The first kappa shape index (κ1) is 16.8. The number of carbonyl (C=O) groups is 1. The minimum Gasteiger partial charge on any atom is -0.398 e. The van der Waals surface area contributed by atoms with E-state index in [1.807, 2.05) is 13.8 Å². The standard InChI is InChI=1S/C13H19ClN2O3S/c1-9(2)5-6-16-13(17)8-20(18,19)10-3-4-12(15)11(14)7-10/h3-4,7,9H,5-6,8,15H2,1-2H3,(H,16,17). The number of nitrogen functional groups attached to an aromatic ring is 1. The molecule has 1 aromatic carbocycles. The molecule has 1 aromatic rings. The van der Waals surface area contributed by atoms with E-state index in [1.165, 1.54) is 18.2 Å². The molecule has 20 heavy (non-hydrogen) atoms. The molecule has 5 nitrogen and oxygen atoms in total. The van der Waals surface area contributed by atoms with Crippen LogP contribution in [0.25, 0.3) is 0 Å². The smallest absolute Gasteiger partial charge is 0.235 e. The van der Waals surface area contributed by atoms with Gasteiger partial charge in [-0.1, -0.05) is 25.4 Å². The maximum atomic E-state index is 12.0. The minimum atomic E-state index is -3.70. The Hall–Kier alpha value is -1.27. The molecule has 0 bridgehead atoms. The van der Waals surface area contributed by atoms with Crippen LogP contribution in [0.2, 0.25) is 5.02 Å². The molecule has 1 amide bonds. The van der Waals surface area contributed by atoms with Crippen LogP contribution in [0.3, 0.4) is 0 Å². The number of rotatable bonds is 6. The molecule has 0 aliphatic heterocycles. The maximum Gasteiger partial charge on any atom is 0.235 e. The molecule has 0 saturated heterocycles. The van der Waals surface area contributed by atoms with Crippen LogP contribution in [0.5, 0.6) is 0 Å². The van der Waals surface area contributed by atoms with Crippen LogP contribution in [-0.2, 0) is 14.6 Å². The third-order valence-electron chi connectivity index (χ3n) is 2.70. The van der Waals surface area contributed by atoms with Crippen molar-refractivity contribution in [1.82, 2.24) is 5.32 Å². The van der Waals surface area contributed by atoms with Gasteiger partial charge >= 0.3 is 0 Å². The summed E-state index contributed by atoms with van der Waals surface area (Å²) in [5.41, 5.74) is 5.82. The van der Waals surface area contributed by atoms with Crippen molar-refractivity contribution in [3.05, 3.63) is 23.2 Å². The van der Waals surface area contributed by atoms with Crippen molar-refractivity contribution in [2.24, 2.45) is 5.92 Å². The van der Waals surface area contributed by atoms with Crippen molar-refractivity contribution < 1.29 is 13.2 Å². The van der Waals surface area contributed by atoms with Crippen LogP contribution < -0.4 is 11.1 Å². The van der Waals surface area contributed by atoms with Crippen LogP contribution in [0.15, 0.2) is 23.1 Å². The Labute approximate surface area is 124 Å². The highest BCUT2D eigenvalue weighted by molar-refractivity contribution is 7.92. The van der Waals surface area contributed by atoms with Crippen LogP contribution in [0, 0.1) is 5.92 Å². The minimum absolute atomic E-state index is 0.00397. The van der Waals surface area contributed by atoms with Crippen molar-refractivity contribution in [1.29, 1.82) is 0 Å². The lowest BCUT2D eigenvalue weighted by Gasteiger charge is -2.08. The van der Waals surface area contributed by atoms with Crippen LogP contribution in [0.1, 0.15) is 20.3 Å². The second-order valence-corrected chi connectivity index (χ2v) is 7.37. The Kier molecular flexibility index (Phi) is 5.83. The van der Waals surface area contributed by atoms with Crippen molar-refractivity contribution in [2.75, 3.05) is 18.0 Å².